The van der Waals surface area contributed by atoms with Crippen molar-refractivity contribution in [3.8, 4) is 0 Å². The quantitative estimate of drug-likeness (QED) is 0.811. The lowest BCUT2D eigenvalue weighted by molar-refractivity contribution is -0.116. The number of carbonyl (C=O) groups excluding carboxylic acids is 1. The zero-order valence-electron chi connectivity index (χ0n) is 11.5. The molecule has 0 bridgehead atoms. The van der Waals surface area contributed by atoms with Gasteiger partial charge in [0.05, 0.1) is 0 Å². The van der Waals surface area contributed by atoms with E-state index in [2.05, 4.69) is 10.3 Å². The van der Waals surface area contributed by atoms with Gasteiger partial charge >= 0.3 is 6.09 Å². The van der Waals surface area contributed by atoms with E-state index >= 15 is 0 Å². The van der Waals surface area contributed by atoms with Crippen molar-refractivity contribution in [1.29, 1.82) is 0 Å². The Labute approximate surface area is 122 Å². The maximum Gasteiger partial charge on any atom is 0.407 e. The van der Waals surface area contributed by atoms with Gasteiger partial charge in [0.15, 0.2) is 0 Å². The molecule has 21 heavy (non-hydrogen) atoms. The first kappa shape index (κ1) is 13.6. The van der Waals surface area contributed by atoms with E-state index in [1.54, 1.807) is 18.5 Å². The molecule has 2 aliphatic rings. The summed E-state index contributed by atoms with van der Waals surface area (Å²) in [5.74, 6) is 1.14. The summed E-state index contributed by atoms with van der Waals surface area (Å²) in [5.41, 5.74) is 0.882. The highest BCUT2D eigenvalue weighted by Gasteiger charge is 2.56. The fourth-order valence-corrected chi connectivity index (χ4v) is 3.03. The molecule has 1 aromatic rings. The van der Waals surface area contributed by atoms with Crippen LogP contribution in [0.3, 0.4) is 0 Å². The molecule has 2 heterocycles. The summed E-state index contributed by atoms with van der Waals surface area (Å²) < 4.78 is 0. The van der Waals surface area contributed by atoms with E-state index in [0.29, 0.717) is 37.4 Å². The lowest BCUT2D eigenvalue weighted by Gasteiger charge is -2.15. The number of likely N-dealkylation sites (tertiary alicyclic amines) is 1. The number of hydrogen-bond donors (Lipinski definition) is 2. The molecule has 0 aromatic carbocycles. The maximum atomic E-state index is 11.7. The third-order valence-electron chi connectivity index (χ3n) is 4.27. The summed E-state index contributed by atoms with van der Waals surface area (Å²) in [7, 11) is 0. The molecular weight excluding hydrogens is 270 g/mol. The van der Waals surface area contributed by atoms with Crippen LogP contribution in [0.5, 0.6) is 0 Å². The molecule has 1 aliphatic heterocycles. The molecule has 3 rings (SSSR count). The molecule has 1 aliphatic carbocycles. The number of nitrogens with one attached hydrogen (secondary N) is 1. The van der Waals surface area contributed by atoms with E-state index in [-0.39, 0.29) is 5.91 Å². The van der Waals surface area contributed by atoms with Gasteiger partial charge in [-0.15, -0.1) is 0 Å². The molecule has 0 spiro atoms. The van der Waals surface area contributed by atoms with Crippen LogP contribution in [-0.4, -0.2) is 46.6 Å². The minimum atomic E-state index is -0.843. The van der Waals surface area contributed by atoms with Crippen molar-refractivity contribution in [2.75, 3.05) is 19.6 Å². The summed E-state index contributed by atoms with van der Waals surface area (Å²) >= 11 is 0. The smallest absolute Gasteiger partial charge is 0.407 e. The molecule has 2 N–H and O–H groups in total. The molecular formula is C15H17N3O3. The SMILES string of the molecule is O=C(/C=C/c1cccnc1)NCC1C2CN(C(=O)O)CC12. The predicted octanol–water partition coefficient (Wildman–Crippen LogP) is 1.07. The van der Waals surface area contributed by atoms with Crippen LogP contribution in [0.1, 0.15) is 5.56 Å². The van der Waals surface area contributed by atoms with Crippen LogP contribution in [-0.2, 0) is 4.79 Å². The van der Waals surface area contributed by atoms with Crippen molar-refractivity contribution < 1.29 is 14.7 Å². The highest BCUT2D eigenvalue weighted by molar-refractivity contribution is 5.91. The van der Waals surface area contributed by atoms with Gasteiger partial charge in [0.1, 0.15) is 0 Å². The highest BCUT2D eigenvalue weighted by Crippen LogP contribution is 2.51. The Kier molecular flexibility index (Phi) is 3.60. The van der Waals surface area contributed by atoms with E-state index in [1.807, 2.05) is 12.1 Å². The van der Waals surface area contributed by atoms with Gasteiger partial charge in [0, 0.05) is 38.1 Å². The number of carbonyl (C=O) groups is 2. The number of aromatic nitrogens is 1. The van der Waals surface area contributed by atoms with Gasteiger partial charge in [0.2, 0.25) is 5.91 Å². The minimum Gasteiger partial charge on any atom is -0.465 e. The lowest BCUT2D eigenvalue weighted by atomic mass is 10.2. The monoisotopic (exact) mass is 287 g/mol. The fourth-order valence-electron chi connectivity index (χ4n) is 3.03. The number of amides is 2. The van der Waals surface area contributed by atoms with Gasteiger partial charge in [-0.1, -0.05) is 6.07 Å². The Balaban J connectivity index is 1.41. The fraction of sp³-hybridized carbons (Fsp3) is 0.400. The number of hydrogen-bond acceptors (Lipinski definition) is 3. The second-order valence-corrected chi connectivity index (χ2v) is 5.54. The van der Waals surface area contributed by atoms with Crippen LogP contribution in [0, 0.1) is 17.8 Å². The largest absolute Gasteiger partial charge is 0.465 e. The topological polar surface area (TPSA) is 82.5 Å². The summed E-state index contributed by atoms with van der Waals surface area (Å²) in [6.45, 7) is 1.83. The van der Waals surface area contributed by atoms with E-state index in [9.17, 15) is 9.59 Å². The first-order chi connectivity index (χ1) is 10.1. The molecule has 1 saturated heterocycles. The number of rotatable bonds is 4. The number of fused-ring (bicyclic) bond motifs is 1. The number of piperidine rings is 1. The normalized spacial score (nSPS) is 26.7. The number of nitrogens with zero attached hydrogens (tertiary/aromatic N) is 2. The second-order valence-electron chi connectivity index (χ2n) is 5.54. The zero-order valence-corrected chi connectivity index (χ0v) is 11.5. The second kappa shape index (κ2) is 5.55. The standard InChI is InChI=1S/C15H17N3O3/c19-14(4-3-10-2-1-5-16-6-10)17-7-11-12-8-18(15(20)21)9-13(11)12/h1-6,11-13H,7-9H2,(H,17,19)(H,20,21)/b4-3+. The van der Waals surface area contributed by atoms with Crippen LogP contribution < -0.4 is 5.32 Å². The third kappa shape index (κ3) is 3.04. The summed E-state index contributed by atoms with van der Waals surface area (Å²) in [4.78, 5) is 27.9. The number of carboxylic acid groups (broad SMARTS) is 1. The van der Waals surface area contributed by atoms with Gasteiger partial charge in [0.25, 0.3) is 0 Å². The van der Waals surface area contributed by atoms with Crippen LogP contribution in [0.2, 0.25) is 0 Å². The molecule has 2 fully saturated rings. The van der Waals surface area contributed by atoms with Crippen molar-refractivity contribution in [3.05, 3.63) is 36.2 Å². The van der Waals surface area contributed by atoms with E-state index in [0.717, 1.165) is 5.56 Å². The molecule has 6 nitrogen and oxygen atoms in total. The minimum absolute atomic E-state index is 0.126. The van der Waals surface area contributed by atoms with Gasteiger partial charge in [-0.2, -0.15) is 0 Å². The van der Waals surface area contributed by atoms with Crippen molar-refractivity contribution in [2.45, 2.75) is 0 Å². The molecule has 110 valence electrons. The summed E-state index contributed by atoms with van der Waals surface area (Å²) in [5, 5.41) is 11.8. The van der Waals surface area contributed by atoms with Gasteiger partial charge < -0.3 is 15.3 Å². The highest BCUT2D eigenvalue weighted by atomic mass is 16.4. The maximum absolute atomic E-state index is 11.7. The lowest BCUT2D eigenvalue weighted by Crippen LogP contribution is -2.32. The van der Waals surface area contributed by atoms with Crippen LogP contribution in [0.25, 0.3) is 6.08 Å². The van der Waals surface area contributed by atoms with Gasteiger partial charge in [-0.25, -0.2) is 4.79 Å². The van der Waals surface area contributed by atoms with Crippen LogP contribution in [0.4, 0.5) is 4.79 Å². The van der Waals surface area contributed by atoms with Gasteiger partial charge in [-0.3, -0.25) is 9.78 Å². The Morgan fingerprint density at radius 1 is 1.43 bits per heavy atom. The first-order valence-corrected chi connectivity index (χ1v) is 6.99. The van der Waals surface area contributed by atoms with Crippen molar-refractivity contribution >= 4 is 18.1 Å². The molecule has 2 atom stereocenters. The Hall–Kier alpha value is -2.37. The summed E-state index contributed by atoms with van der Waals surface area (Å²) in [6, 6.07) is 3.69. The van der Waals surface area contributed by atoms with E-state index < -0.39 is 6.09 Å². The van der Waals surface area contributed by atoms with Crippen LogP contribution in [0.15, 0.2) is 30.6 Å². The Bertz CT molecular complexity index is 561. The summed E-state index contributed by atoms with van der Waals surface area (Å²) in [6.07, 6.45) is 5.75. The predicted molar refractivity (Wildman–Crippen MR) is 76.3 cm³/mol. The zero-order chi connectivity index (χ0) is 14.8. The third-order valence-corrected chi connectivity index (χ3v) is 4.27. The van der Waals surface area contributed by atoms with Crippen LogP contribution >= 0.6 is 0 Å². The molecule has 1 saturated carbocycles. The van der Waals surface area contributed by atoms with Crippen molar-refractivity contribution in [3.63, 3.8) is 0 Å². The molecule has 2 unspecified atom stereocenters. The Morgan fingerprint density at radius 3 is 2.81 bits per heavy atom. The Morgan fingerprint density at radius 2 is 2.19 bits per heavy atom. The average Bonchev–Trinajstić information content (AvgIpc) is 2.93. The number of pyridine rings is 1. The van der Waals surface area contributed by atoms with E-state index in [4.69, 9.17) is 5.11 Å². The van der Waals surface area contributed by atoms with Crippen molar-refractivity contribution in [2.24, 2.45) is 17.8 Å². The van der Waals surface area contributed by atoms with Crippen molar-refractivity contribution in [1.82, 2.24) is 15.2 Å². The molecule has 2 amide bonds. The molecule has 1 aromatic heterocycles. The molecule has 6 heteroatoms. The van der Waals surface area contributed by atoms with Gasteiger partial charge in [-0.05, 0) is 35.5 Å². The first-order valence-electron chi connectivity index (χ1n) is 6.99. The average molecular weight is 287 g/mol. The molecule has 0 radical (unpaired) electrons. The van der Waals surface area contributed by atoms with E-state index in [1.165, 1.54) is 11.0 Å².